The molecule has 0 saturated carbocycles. The van der Waals surface area contributed by atoms with Crippen molar-refractivity contribution in [1.82, 2.24) is 4.90 Å². The Morgan fingerprint density at radius 3 is 2.93 bits per heavy atom. The van der Waals surface area contributed by atoms with Crippen LogP contribution >= 0.6 is 11.3 Å². The van der Waals surface area contributed by atoms with Gasteiger partial charge >= 0.3 is 0 Å². The number of nitrogens with zero attached hydrogens (tertiary/aromatic N) is 1. The van der Waals surface area contributed by atoms with E-state index in [4.69, 9.17) is 10.2 Å². The lowest BCUT2D eigenvalue weighted by Gasteiger charge is -2.18. The van der Waals surface area contributed by atoms with Crippen molar-refractivity contribution in [1.29, 1.82) is 0 Å². The molecule has 1 saturated heterocycles. The summed E-state index contributed by atoms with van der Waals surface area (Å²) in [4.78, 5) is 39.9. The second-order valence-corrected chi connectivity index (χ2v) is 8.77. The highest BCUT2D eigenvalue weighted by Gasteiger charge is 2.36. The summed E-state index contributed by atoms with van der Waals surface area (Å²) in [6, 6.07) is 3.57. The third-order valence-electron chi connectivity index (χ3n) is 5.51. The molecular formula is C20H23N3O4S. The monoisotopic (exact) mass is 401 g/mol. The molecule has 0 spiro atoms. The van der Waals surface area contributed by atoms with Crippen LogP contribution in [0.2, 0.25) is 0 Å². The number of likely N-dealkylation sites (tertiary alicyclic amines) is 1. The van der Waals surface area contributed by atoms with Crippen molar-refractivity contribution >= 4 is 34.1 Å². The first-order valence-corrected chi connectivity index (χ1v) is 10.3. The van der Waals surface area contributed by atoms with Gasteiger partial charge in [0.25, 0.3) is 5.91 Å². The number of rotatable bonds is 5. The van der Waals surface area contributed by atoms with Crippen LogP contribution in [0.15, 0.2) is 22.8 Å². The maximum atomic E-state index is 12.8. The number of anilines is 1. The van der Waals surface area contributed by atoms with E-state index in [0.717, 1.165) is 29.7 Å². The van der Waals surface area contributed by atoms with Crippen LogP contribution in [0.5, 0.6) is 0 Å². The number of fused-ring (bicyclic) bond motifs is 1. The third-order valence-corrected chi connectivity index (χ3v) is 6.68. The Morgan fingerprint density at radius 1 is 1.39 bits per heavy atom. The van der Waals surface area contributed by atoms with Crippen LogP contribution in [0.3, 0.4) is 0 Å². The molecular weight excluding hydrogens is 378 g/mol. The first kappa shape index (κ1) is 18.7. The van der Waals surface area contributed by atoms with Crippen molar-refractivity contribution in [3.05, 3.63) is 40.2 Å². The number of nitrogens with one attached hydrogen (secondary N) is 1. The highest BCUT2D eigenvalue weighted by molar-refractivity contribution is 7.17. The minimum Gasteiger partial charge on any atom is -0.467 e. The molecule has 0 bridgehead atoms. The Kier molecular flexibility index (Phi) is 4.97. The van der Waals surface area contributed by atoms with Gasteiger partial charge in [0.2, 0.25) is 11.8 Å². The molecule has 28 heavy (non-hydrogen) atoms. The topological polar surface area (TPSA) is 106 Å². The molecule has 2 aromatic heterocycles. The van der Waals surface area contributed by atoms with E-state index < -0.39 is 11.8 Å². The smallest absolute Gasteiger partial charge is 0.251 e. The molecule has 4 rings (SSSR count). The predicted octanol–water partition coefficient (Wildman–Crippen LogP) is 2.55. The van der Waals surface area contributed by atoms with Crippen LogP contribution in [0.1, 0.15) is 46.3 Å². The Balaban J connectivity index is 1.48. The van der Waals surface area contributed by atoms with Crippen LogP contribution < -0.4 is 11.1 Å². The third kappa shape index (κ3) is 3.56. The number of carbonyl (C=O) groups excluding carboxylic acids is 3. The molecule has 2 aromatic rings. The van der Waals surface area contributed by atoms with Crippen molar-refractivity contribution in [2.45, 2.75) is 39.2 Å². The lowest BCUT2D eigenvalue weighted by Crippen LogP contribution is -2.28. The fraction of sp³-hybridized carbons (Fsp3) is 0.450. The van der Waals surface area contributed by atoms with E-state index in [0.29, 0.717) is 35.3 Å². The first-order valence-electron chi connectivity index (χ1n) is 9.47. The van der Waals surface area contributed by atoms with E-state index in [1.165, 1.54) is 11.3 Å². The summed E-state index contributed by atoms with van der Waals surface area (Å²) in [5.41, 5.74) is 7.03. The number of furan rings is 1. The number of primary amides is 1. The largest absolute Gasteiger partial charge is 0.467 e. The SMILES string of the molecule is C[C@H]1CCc2c(sc(NC(=O)[C@@H]3CC(=O)N(Cc4ccco4)C3)c2C(N)=O)C1. The van der Waals surface area contributed by atoms with Crippen molar-refractivity contribution in [2.75, 3.05) is 11.9 Å². The number of nitrogens with two attached hydrogens (primary N) is 1. The summed E-state index contributed by atoms with van der Waals surface area (Å²) in [6.45, 7) is 2.87. The minimum atomic E-state index is -0.510. The van der Waals surface area contributed by atoms with Crippen molar-refractivity contribution < 1.29 is 18.8 Å². The van der Waals surface area contributed by atoms with Crippen LogP contribution in [0, 0.1) is 11.8 Å². The zero-order valence-electron chi connectivity index (χ0n) is 15.7. The Hall–Kier alpha value is -2.61. The molecule has 3 heterocycles. The average Bonchev–Trinajstić information content (AvgIpc) is 3.34. The zero-order chi connectivity index (χ0) is 19.8. The maximum absolute atomic E-state index is 12.8. The van der Waals surface area contributed by atoms with E-state index in [1.807, 2.05) is 0 Å². The Labute approximate surface area is 166 Å². The molecule has 148 valence electrons. The van der Waals surface area contributed by atoms with Gasteiger partial charge < -0.3 is 20.4 Å². The summed E-state index contributed by atoms with van der Waals surface area (Å²) in [6.07, 6.45) is 4.43. The van der Waals surface area contributed by atoms with Gasteiger partial charge in [-0.3, -0.25) is 14.4 Å². The quantitative estimate of drug-likeness (QED) is 0.803. The van der Waals surface area contributed by atoms with Gasteiger partial charge in [0.05, 0.1) is 24.3 Å². The molecule has 1 aliphatic carbocycles. The molecule has 8 heteroatoms. The van der Waals surface area contributed by atoms with Crippen LogP contribution in [-0.4, -0.2) is 29.2 Å². The maximum Gasteiger partial charge on any atom is 0.251 e. The van der Waals surface area contributed by atoms with E-state index >= 15 is 0 Å². The number of hydrogen-bond acceptors (Lipinski definition) is 5. The van der Waals surface area contributed by atoms with Gasteiger partial charge in [-0.15, -0.1) is 11.3 Å². The summed E-state index contributed by atoms with van der Waals surface area (Å²) >= 11 is 1.44. The number of hydrogen-bond donors (Lipinski definition) is 2. The van der Waals surface area contributed by atoms with Gasteiger partial charge in [0, 0.05) is 17.8 Å². The van der Waals surface area contributed by atoms with Crippen molar-refractivity contribution in [3.63, 3.8) is 0 Å². The summed E-state index contributed by atoms with van der Waals surface area (Å²) in [7, 11) is 0. The average molecular weight is 401 g/mol. The zero-order valence-corrected chi connectivity index (χ0v) is 16.5. The summed E-state index contributed by atoms with van der Waals surface area (Å²) in [5.74, 6) is -0.0514. The molecule has 2 aliphatic rings. The lowest BCUT2D eigenvalue weighted by molar-refractivity contribution is -0.128. The molecule has 7 nitrogen and oxygen atoms in total. The number of thiophene rings is 1. The van der Waals surface area contributed by atoms with E-state index in [-0.39, 0.29) is 18.2 Å². The Bertz CT molecular complexity index is 918. The van der Waals surface area contributed by atoms with Gasteiger partial charge in [-0.2, -0.15) is 0 Å². The molecule has 0 aromatic carbocycles. The minimum absolute atomic E-state index is 0.0778. The predicted molar refractivity (Wildman–Crippen MR) is 105 cm³/mol. The fourth-order valence-corrected chi connectivity index (χ4v) is 5.42. The van der Waals surface area contributed by atoms with Crippen LogP contribution in [-0.2, 0) is 29.0 Å². The van der Waals surface area contributed by atoms with Gasteiger partial charge in [-0.1, -0.05) is 6.92 Å². The molecule has 2 atom stereocenters. The van der Waals surface area contributed by atoms with E-state index in [1.54, 1.807) is 23.3 Å². The summed E-state index contributed by atoms with van der Waals surface area (Å²) in [5, 5.41) is 3.40. The van der Waals surface area contributed by atoms with Gasteiger partial charge in [0.15, 0.2) is 0 Å². The fourth-order valence-electron chi connectivity index (χ4n) is 4.00. The van der Waals surface area contributed by atoms with E-state index in [9.17, 15) is 14.4 Å². The van der Waals surface area contributed by atoms with Crippen LogP contribution in [0.25, 0.3) is 0 Å². The molecule has 1 aliphatic heterocycles. The van der Waals surface area contributed by atoms with Gasteiger partial charge in [0.1, 0.15) is 10.8 Å². The second-order valence-electron chi connectivity index (χ2n) is 7.66. The van der Waals surface area contributed by atoms with Crippen LogP contribution in [0.4, 0.5) is 5.00 Å². The second kappa shape index (κ2) is 7.43. The van der Waals surface area contributed by atoms with E-state index in [2.05, 4.69) is 12.2 Å². The standard InChI is InChI=1S/C20H23N3O4S/c1-11-4-5-14-15(7-11)28-20(17(14)18(21)25)22-19(26)12-8-16(24)23(9-12)10-13-3-2-6-27-13/h2-3,6,11-12H,4-5,7-10H2,1H3,(H2,21,25)(H,22,26)/t11-,12+/m0/s1. The van der Waals surface area contributed by atoms with Gasteiger partial charge in [-0.25, -0.2) is 0 Å². The normalized spacial score (nSPS) is 21.6. The molecule has 3 N–H and O–H groups in total. The molecule has 3 amide bonds. The Morgan fingerprint density at radius 2 is 2.21 bits per heavy atom. The number of amides is 3. The highest BCUT2D eigenvalue weighted by Crippen LogP contribution is 2.39. The molecule has 0 radical (unpaired) electrons. The van der Waals surface area contributed by atoms with Crippen molar-refractivity contribution in [2.24, 2.45) is 17.6 Å². The van der Waals surface area contributed by atoms with Gasteiger partial charge in [-0.05, 0) is 42.9 Å². The first-order chi connectivity index (χ1) is 13.4. The lowest BCUT2D eigenvalue weighted by atomic mass is 9.88. The highest BCUT2D eigenvalue weighted by atomic mass is 32.1. The number of carbonyl (C=O) groups is 3. The summed E-state index contributed by atoms with van der Waals surface area (Å²) < 4.78 is 5.29. The molecule has 1 fully saturated rings. The molecule has 0 unspecified atom stereocenters. The van der Waals surface area contributed by atoms with Crippen molar-refractivity contribution in [3.8, 4) is 0 Å².